The summed E-state index contributed by atoms with van der Waals surface area (Å²) in [4.78, 5) is 26.8. The van der Waals surface area contributed by atoms with Gasteiger partial charge in [0.05, 0.1) is 0 Å². The third kappa shape index (κ3) is 3.55. The lowest BCUT2D eigenvalue weighted by Crippen LogP contribution is -2.15. The third-order valence-electron chi connectivity index (χ3n) is 5.14. The Morgan fingerprint density at radius 3 is 1.57 bits per heavy atom. The first-order chi connectivity index (χ1) is 13.2. The van der Waals surface area contributed by atoms with E-state index in [1.807, 2.05) is 65.8 Å². The Bertz CT molecular complexity index is 969. The van der Waals surface area contributed by atoms with Crippen LogP contribution in [0.2, 0.25) is 0 Å². The number of aryl methyl sites for hydroxylation is 6. The van der Waals surface area contributed by atoms with Crippen LogP contribution in [0.5, 0.6) is 0 Å². The van der Waals surface area contributed by atoms with E-state index in [4.69, 9.17) is 0 Å². The lowest BCUT2D eigenvalue weighted by molar-refractivity contribution is 0.100. The second kappa shape index (κ2) is 7.55. The van der Waals surface area contributed by atoms with Crippen LogP contribution in [0.25, 0.3) is 0 Å². The molecule has 0 atom stereocenters. The fourth-order valence-electron chi connectivity index (χ4n) is 4.15. The number of carbonyl (C=O) groups is 2. The molecule has 0 aliphatic heterocycles. The van der Waals surface area contributed by atoms with E-state index in [1.54, 1.807) is 18.2 Å². The maximum absolute atomic E-state index is 13.4. The summed E-state index contributed by atoms with van der Waals surface area (Å²) in [5.74, 6) is -0.279. The lowest BCUT2D eigenvalue weighted by Gasteiger charge is -2.15. The quantitative estimate of drug-likeness (QED) is 0.545. The molecule has 3 aromatic rings. The molecule has 0 saturated heterocycles. The Balaban J connectivity index is 2.16. The van der Waals surface area contributed by atoms with Gasteiger partial charge in [-0.2, -0.15) is 0 Å². The van der Waals surface area contributed by atoms with Gasteiger partial charge < -0.3 is 0 Å². The largest absolute Gasteiger partial charge is 0.289 e. The summed E-state index contributed by atoms with van der Waals surface area (Å²) in [6.07, 6.45) is 0. The van der Waals surface area contributed by atoms with Crippen molar-refractivity contribution in [3.05, 3.63) is 104 Å². The van der Waals surface area contributed by atoms with E-state index >= 15 is 0 Å². The molecular formula is C26H25O2. The van der Waals surface area contributed by atoms with E-state index in [0.717, 1.165) is 33.4 Å². The summed E-state index contributed by atoms with van der Waals surface area (Å²) in [6, 6.07) is 16.2. The minimum atomic E-state index is -0.152. The van der Waals surface area contributed by atoms with Gasteiger partial charge in [0, 0.05) is 22.3 Å². The molecule has 1 radical (unpaired) electrons. The Labute approximate surface area is 167 Å². The normalized spacial score (nSPS) is 10.8. The molecule has 0 N–H and O–H groups in total. The fraction of sp³-hybridized carbons (Fsp3) is 0.231. The molecule has 3 aromatic carbocycles. The minimum Gasteiger partial charge on any atom is -0.289 e. The molecule has 0 saturated carbocycles. The highest BCUT2D eigenvalue weighted by molar-refractivity contribution is 6.20. The van der Waals surface area contributed by atoms with Crippen molar-refractivity contribution < 1.29 is 9.59 Å². The molecule has 2 nitrogen and oxygen atoms in total. The van der Waals surface area contributed by atoms with Crippen molar-refractivity contribution in [2.24, 2.45) is 0 Å². The number of carbonyl (C=O) groups excluding carboxylic acids is 2. The van der Waals surface area contributed by atoms with Gasteiger partial charge in [-0.1, -0.05) is 53.6 Å². The van der Waals surface area contributed by atoms with Crippen molar-refractivity contribution in [2.45, 2.75) is 41.5 Å². The maximum atomic E-state index is 13.4. The molecular weight excluding hydrogens is 344 g/mol. The van der Waals surface area contributed by atoms with Gasteiger partial charge in [-0.25, -0.2) is 0 Å². The van der Waals surface area contributed by atoms with Crippen LogP contribution in [-0.4, -0.2) is 11.6 Å². The molecule has 0 heterocycles. The maximum Gasteiger partial charge on any atom is 0.194 e. The highest BCUT2D eigenvalue weighted by atomic mass is 16.1. The topological polar surface area (TPSA) is 34.1 Å². The van der Waals surface area contributed by atoms with Crippen molar-refractivity contribution in [1.82, 2.24) is 0 Å². The molecule has 0 aliphatic rings. The standard InChI is InChI=1S/C26H25O2/c1-15-11-17(3)23(18(4)12-15)25(27)21-9-7-8-10-22(21)26(28)24-19(5)13-16(2)14-20(24)6/h7-9,11-14H,1-6H3. The summed E-state index contributed by atoms with van der Waals surface area (Å²) >= 11 is 0. The molecule has 0 aromatic heterocycles. The Kier molecular flexibility index (Phi) is 5.33. The lowest BCUT2D eigenvalue weighted by atomic mass is 9.87. The van der Waals surface area contributed by atoms with Gasteiger partial charge in [-0.15, -0.1) is 0 Å². The highest BCUT2D eigenvalue weighted by Gasteiger charge is 2.23. The van der Waals surface area contributed by atoms with Crippen LogP contribution in [0.15, 0.2) is 42.5 Å². The fourth-order valence-corrected chi connectivity index (χ4v) is 4.15. The zero-order valence-electron chi connectivity index (χ0n) is 17.4. The summed E-state index contributed by atoms with van der Waals surface area (Å²) in [5, 5.41) is 0. The molecule has 0 amide bonds. The van der Waals surface area contributed by atoms with Gasteiger partial charge in [-0.3, -0.25) is 9.59 Å². The van der Waals surface area contributed by atoms with Crippen LogP contribution in [0.3, 0.4) is 0 Å². The van der Waals surface area contributed by atoms with Crippen molar-refractivity contribution in [2.75, 3.05) is 0 Å². The van der Waals surface area contributed by atoms with Crippen molar-refractivity contribution in [3.63, 3.8) is 0 Å². The van der Waals surface area contributed by atoms with Crippen molar-refractivity contribution in [3.8, 4) is 0 Å². The summed E-state index contributed by atoms with van der Waals surface area (Å²) < 4.78 is 0. The average molecular weight is 369 g/mol. The van der Waals surface area contributed by atoms with Gasteiger partial charge in [0.2, 0.25) is 0 Å². The molecule has 0 fully saturated rings. The average Bonchev–Trinajstić information content (AvgIpc) is 2.59. The third-order valence-corrected chi connectivity index (χ3v) is 5.14. The number of benzene rings is 3. The van der Waals surface area contributed by atoms with Gasteiger partial charge in [0.25, 0.3) is 0 Å². The molecule has 0 bridgehead atoms. The molecule has 141 valence electrons. The van der Waals surface area contributed by atoms with Crippen LogP contribution in [-0.2, 0) is 0 Å². The molecule has 0 unspecified atom stereocenters. The van der Waals surface area contributed by atoms with E-state index in [2.05, 4.69) is 6.07 Å². The van der Waals surface area contributed by atoms with Crippen LogP contribution in [0.1, 0.15) is 65.2 Å². The summed E-state index contributed by atoms with van der Waals surface area (Å²) in [5.41, 5.74) is 7.97. The zero-order chi connectivity index (χ0) is 20.6. The van der Waals surface area contributed by atoms with E-state index in [9.17, 15) is 9.59 Å². The number of rotatable bonds is 4. The predicted octanol–water partition coefficient (Wildman–Crippen LogP) is 5.80. The second-order valence-electron chi connectivity index (χ2n) is 7.66. The highest BCUT2D eigenvalue weighted by Crippen LogP contribution is 2.26. The van der Waals surface area contributed by atoms with Crippen LogP contribution >= 0.6 is 0 Å². The van der Waals surface area contributed by atoms with Crippen LogP contribution in [0.4, 0.5) is 0 Å². The Hall–Kier alpha value is -3.00. The Morgan fingerprint density at radius 2 is 1.11 bits per heavy atom. The zero-order valence-corrected chi connectivity index (χ0v) is 17.4. The van der Waals surface area contributed by atoms with Crippen molar-refractivity contribution in [1.29, 1.82) is 0 Å². The number of hydrogen-bond donors (Lipinski definition) is 0. The molecule has 28 heavy (non-hydrogen) atoms. The van der Waals surface area contributed by atoms with E-state index in [1.165, 1.54) is 0 Å². The number of ketones is 2. The van der Waals surface area contributed by atoms with Crippen LogP contribution < -0.4 is 0 Å². The van der Waals surface area contributed by atoms with Crippen LogP contribution in [0, 0.1) is 47.6 Å². The number of hydrogen-bond acceptors (Lipinski definition) is 2. The minimum absolute atomic E-state index is 0.127. The van der Waals surface area contributed by atoms with Gasteiger partial charge in [0.15, 0.2) is 11.6 Å². The molecule has 0 spiro atoms. The second-order valence-corrected chi connectivity index (χ2v) is 7.66. The van der Waals surface area contributed by atoms with Gasteiger partial charge in [-0.05, 0) is 69.9 Å². The van der Waals surface area contributed by atoms with Gasteiger partial charge in [0.1, 0.15) is 0 Å². The van der Waals surface area contributed by atoms with E-state index in [-0.39, 0.29) is 11.6 Å². The van der Waals surface area contributed by atoms with E-state index in [0.29, 0.717) is 22.3 Å². The first-order valence-electron chi connectivity index (χ1n) is 9.46. The smallest absolute Gasteiger partial charge is 0.194 e. The first kappa shape index (κ1) is 19.8. The predicted molar refractivity (Wildman–Crippen MR) is 113 cm³/mol. The monoisotopic (exact) mass is 369 g/mol. The van der Waals surface area contributed by atoms with E-state index < -0.39 is 0 Å². The molecule has 2 heteroatoms. The van der Waals surface area contributed by atoms with Crippen molar-refractivity contribution >= 4 is 11.6 Å². The Morgan fingerprint density at radius 1 is 0.679 bits per heavy atom. The SMILES string of the molecule is Cc1cc(C)c(C(=O)c2[c]cccc2C(=O)c2c(C)cc(C)cc2C)c(C)c1. The summed E-state index contributed by atoms with van der Waals surface area (Å²) in [7, 11) is 0. The summed E-state index contributed by atoms with van der Waals surface area (Å²) in [6.45, 7) is 11.8. The first-order valence-corrected chi connectivity index (χ1v) is 9.46. The van der Waals surface area contributed by atoms with Gasteiger partial charge >= 0.3 is 0 Å². The molecule has 3 rings (SSSR count). The molecule has 0 aliphatic carbocycles.